The molecule has 0 aromatic heterocycles. The summed E-state index contributed by atoms with van der Waals surface area (Å²) in [5.74, 6) is 0. The summed E-state index contributed by atoms with van der Waals surface area (Å²) in [5.41, 5.74) is 0. The molecule has 0 fully saturated rings. The van der Waals surface area contributed by atoms with Crippen LogP contribution in [0.25, 0.3) is 0 Å². The molecule has 0 saturated carbocycles. The zero-order valence-electron chi connectivity index (χ0n) is 16.4. The van der Waals surface area contributed by atoms with Crippen molar-refractivity contribution in [2.75, 3.05) is 6.16 Å². The van der Waals surface area contributed by atoms with Gasteiger partial charge in [-0.1, -0.05) is 84.5 Å². The van der Waals surface area contributed by atoms with Gasteiger partial charge in [0.25, 0.3) is 0 Å². The Hall–Kier alpha value is 1.89. The topological polar surface area (TPSA) is 63.2 Å². The van der Waals surface area contributed by atoms with E-state index in [1.807, 2.05) is 0 Å². The Bertz CT molecular complexity index is 307. The predicted octanol–water partition coefficient (Wildman–Crippen LogP) is -1.05. The molecule has 0 aromatic rings. The van der Waals surface area contributed by atoms with Gasteiger partial charge in [0.2, 0.25) is 0 Å². The van der Waals surface area contributed by atoms with Crippen molar-refractivity contribution in [2.45, 2.75) is 96.8 Å². The van der Waals surface area contributed by atoms with E-state index in [-0.39, 0.29) is 65.3 Å². The van der Waals surface area contributed by atoms with Gasteiger partial charge < -0.3 is 14.4 Å². The van der Waals surface area contributed by atoms with Crippen molar-refractivity contribution in [1.29, 1.82) is 0 Å². The summed E-state index contributed by atoms with van der Waals surface area (Å²) in [6.07, 6.45) is 21.0. The summed E-state index contributed by atoms with van der Waals surface area (Å²) in [6.45, 7) is 2.25. The van der Waals surface area contributed by atoms with E-state index in [0.717, 1.165) is 25.7 Å². The first-order valence-corrected chi connectivity index (χ1v) is 10.9. The maximum atomic E-state index is 10.4. The third-order valence-electron chi connectivity index (χ3n) is 3.94. The van der Waals surface area contributed by atoms with Gasteiger partial charge in [-0.15, -0.1) is 0 Å². The van der Waals surface area contributed by atoms with Crippen molar-refractivity contribution >= 4 is 7.60 Å². The van der Waals surface area contributed by atoms with Crippen molar-refractivity contribution < 1.29 is 73.5 Å². The molecule has 0 bridgehead atoms. The minimum absolute atomic E-state index is 0. The largest absolute Gasteiger partial charge is 1.00 e. The van der Waals surface area contributed by atoms with Crippen LogP contribution in [0.4, 0.5) is 0 Å². The molecule has 0 unspecified atom stereocenters. The zero-order valence-corrected chi connectivity index (χ0v) is 21.3. The normalized spacial score (nSPS) is 11.3. The van der Waals surface area contributed by atoms with Crippen LogP contribution in [0.15, 0.2) is 12.2 Å². The van der Waals surface area contributed by atoms with Crippen molar-refractivity contribution in [3.05, 3.63) is 12.2 Å². The van der Waals surface area contributed by atoms with E-state index in [2.05, 4.69) is 19.1 Å². The van der Waals surface area contributed by atoms with Crippen LogP contribution in [0, 0.1) is 0 Å². The molecule has 0 amide bonds. The molecule has 24 heavy (non-hydrogen) atoms. The minimum atomic E-state index is -4.26. The van der Waals surface area contributed by atoms with E-state index in [1.165, 1.54) is 57.8 Å². The Morgan fingerprint density at radius 1 is 0.667 bits per heavy atom. The van der Waals surface area contributed by atoms with Gasteiger partial charge in [0.1, 0.15) is 0 Å². The summed E-state index contributed by atoms with van der Waals surface area (Å²) in [6, 6.07) is 0. The molecule has 0 N–H and O–H groups in total. The fourth-order valence-electron chi connectivity index (χ4n) is 2.55. The molecule has 3 nitrogen and oxygen atoms in total. The van der Waals surface area contributed by atoms with Crippen molar-refractivity contribution in [1.82, 2.24) is 0 Å². The van der Waals surface area contributed by atoms with Gasteiger partial charge in [-0.3, -0.25) is 0 Å². The Balaban J connectivity index is -0.00000220. The molecule has 0 heterocycles. The monoisotopic (exact) mass is 376 g/mol. The molecule has 6 heteroatoms. The second-order valence-corrected chi connectivity index (χ2v) is 7.94. The van der Waals surface area contributed by atoms with Crippen LogP contribution in [0.1, 0.15) is 96.8 Å². The molecule has 0 aliphatic rings. The van der Waals surface area contributed by atoms with E-state index < -0.39 is 7.60 Å². The Morgan fingerprint density at radius 3 is 1.46 bits per heavy atom. The van der Waals surface area contributed by atoms with E-state index in [0.29, 0.717) is 6.42 Å². The molecule has 0 radical (unpaired) electrons. The average Bonchev–Trinajstić information content (AvgIpc) is 2.45. The summed E-state index contributed by atoms with van der Waals surface area (Å²) in [4.78, 5) is 20.9. The Morgan fingerprint density at radius 2 is 1.04 bits per heavy atom. The molecule has 0 rings (SSSR count). The predicted molar refractivity (Wildman–Crippen MR) is 91.9 cm³/mol. The molecule has 0 saturated heterocycles. The SMILES string of the molecule is CCCCCCCC/C=C\CCCCCCCCP(=O)([O-])[O-].[Na+].[Na+]. The molecule has 0 aromatic carbocycles. The first-order valence-electron chi connectivity index (χ1n) is 9.22. The minimum Gasteiger partial charge on any atom is -0.811 e. The maximum absolute atomic E-state index is 10.4. The van der Waals surface area contributed by atoms with Gasteiger partial charge in [0, 0.05) is 0 Å². The number of hydrogen-bond acceptors (Lipinski definition) is 3. The fourth-order valence-corrected chi connectivity index (χ4v) is 3.16. The maximum Gasteiger partial charge on any atom is 1.00 e. The first-order chi connectivity index (χ1) is 10.6. The molecule has 132 valence electrons. The van der Waals surface area contributed by atoms with Crippen LogP contribution in [-0.2, 0) is 4.57 Å². The Labute approximate surface area is 194 Å². The summed E-state index contributed by atoms with van der Waals surface area (Å²) >= 11 is 0. The third kappa shape index (κ3) is 28.7. The molecular formula is C18H35Na2O3P. The van der Waals surface area contributed by atoms with E-state index in [1.54, 1.807) is 0 Å². The quantitative estimate of drug-likeness (QED) is 0.149. The van der Waals surface area contributed by atoms with Gasteiger partial charge >= 0.3 is 59.1 Å². The second kappa shape index (κ2) is 22.9. The van der Waals surface area contributed by atoms with Gasteiger partial charge in [0.05, 0.1) is 0 Å². The first kappa shape index (κ1) is 30.6. The van der Waals surface area contributed by atoms with Gasteiger partial charge in [-0.05, 0) is 38.3 Å². The third-order valence-corrected chi connectivity index (χ3v) is 4.81. The van der Waals surface area contributed by atoms with Gasteiger partial charge in [-0.2, -0.15) is 0 Å². The van der Waals surface area contributed by atoms with Gasteiger partial charge in [0.15, 0.2) is 0 Å². The van der Waals surface area contributed by atoms with Crippen LogP contribution in [0.2, 0.25) is 0 Å². The number of hydrogen-bond donors (Lipinski definition) is 0. The second-order valence-electron chi connectivity index (χ2n) is 6.27. The zero-order chi connectivity index (χ0) is 16.5. The van der Waals surface area contributed by atoms with E-state index in [9.17, 15) is 14.4 Å². The van der Waals surface area contributed by atoms with Crippen LogP contribution in [0.5, 0.6) is 0 Å². The molecular weight excluding hydrogens is 341 g/mol. The fraction of sp³-hybridized carbons (Fsp3) is 0.889. The number of rotatable bonds is 16. The molecule has 0 spiro atoms. The standard InChI is InChI=1S/C18H37O3P.2Na/c1-2-3-4-5-6-7-8-9-10-11-12-13-14-15-16-17-18-22(19,20)21;;/h9-10H,2-8,11-18H2,1H3,(H2,19,20,21);;/q;2*+1/p-2/b10-9-;;. The Kier molecular flexibility index (Phi) is 29.2. The van der Waals surface area contributed by atoms with Gasteiger partial charge in [-0.25, -0.2) is 0 Å². The molecule has 0 aliphatic heterocycles. The van der Waals surface area contributed by atoms with Crippen LogP contribution >= 0.6 is 7.60 Å². The molecule has 0 atom stereocenters. The smallest absolute Gasteiger partial charge is 0.811 e. The summed E-state index contributed by atoms with van der Waals surface area (Å²) in [7, 11) is -4.26. The van der Waals surface area contributed by atoms with E-state index in [4.69, 9.17) is 0 Å². The van der Waals surface area contributed by atoms with E-state index >= 15 is 0 Å². The van der Waals surface area contributed by atoms with Crippen LogP contribution < -0.4 is 68.9 Å². The van der Waals surface area contributed by atoms with Crippen molar-refractivity contribution in [2.24, 2.45) is 0 Å². The molecule has 0 aliphatic carbocycles. The van der Waals surface area contributed by atoms with Crippen molar-refractivity contribution in [3.63, 3.8) is 0 Å². The van der Waals surface area contributed by atoms with Crippen LogP contribution in [0.3, 0.4) is 0 Å². The van der Waals surface area contributed by atoms with Crippen LogP contribution in [-0.4, -0.2) is 6.16 Å². The number of unbranched alkanes of at least 4 members (excludes halogenated alkanes) is 12. The number of allylic oxidation sites excluding steroid dienone is 2. The van der Waals surface area contributed by atoms with Crippen molar-refractivity contribution in [3.8, 4) is 0 Å². The average molecular weight is 376 g/mol. The summed E-state index contributed by atoms with van der Waals surface area (Å²) < 4.78 is 10.4. The summed E-state index contributed by atoms with van der Waals surface area (Å²) in [5, 5.41) is 0.